The number of aromatic carboxylic acids is 1. The predicted molar refractivity (Wildman–Crippen MR) is 78.0 cm³/mol. The van der Waals surface area contributed by atoms with E-state index < -0.39 is 16.0 Å². The fourth-order valence-corrected chi connectivity index (χ4v) is 3.84. The van der Waals surface area contributed by atoms with Gasteiger partial charge in [-0.15, -0.1) is 0 Å². The standard InChI is InChI=1S/C13H22N2O5S/c1-9-11(13(17)18)14-10(2)12(9)21(19,20)15(3)7-5-4-6-8-16/h14,16H,4-8H2,1-3H3,(H,17,18). The van der Waals surface area contributed by atoms with Crippen molar-refractivity contribution in [2.75, 3.05) is 20.2 Å². The number of unbranched alkanes of at least 4 members (excludes halogenated alkanes) is 2. The molecule has 120 valence electrons. The Morgan fingerprint density at radius 1 is 1.24 bits per heavy atom. The molecule has 0 radical (unpaired) electrons. The van der Waals surface area contributed by atoms with Crippen molar-refractivity contribution >= 4 is 16.0 Å². The summed E-state index contributed by atoms with van der Waals surface area (Å²) < 4.78 is 26.3. The van der Waals surface area contributed by atoms with Gasteiger partial charge in [0.1, 0.15) is 10.6 Å². The van der Waals surface area contributed by atoms with Crippen LogP contribution >= 0.6 is 0 Å². The Morgan fingerprint density at radius 3 is 2.33 bits per heavy atom. The van der Waals surface area contributed by atoms with E-state index in [0.29, 0.717) is 25.1 Å². The summed E-state index contributed by atoms with van der Waals surface area (Å²) in [4.78, 5) is 13.7. The number of aliphatic hydroxyl groups is 1. The van der Waals surface area contributed by atoms with E-state index in [1.807, 2.05) is 0 Å². The fourth-order valence-electron chi connectivity index (χ4n) is 2.23. The van der Waals surface area contributed by atoms with E-state index in [2.05, 4.69) is 4.98 Å². The van der Waals surface area contributed by atoms with Crippen molar-refractivity contribution in [1.29, 1.82) is 0 Å². The van der Waals surface area contributed by atoms with Gasteiger partial charge >= 0.3 is 5.97 Å². The quantitative estimate of drug-likeness (QED) is 0.622. The van der Waals surface area contributed by atoms with Crippen LogP contribution in [0.25, 0.3) is 0 Å². The van der Waals surface area contributed by atoms with Gasteiger partial charge in [0.25, 0.3) is 0 Å². The molecule has 21 heavy (non-hydrogen) atoms. The van der Waals surface area contributed by atoms with Gasteiger partial charge in [-0.3, -0.25) is 0 Å². The molecule has 1 aromatic rings. The number of aromatic amines is 1. The zero-order chi connectivity index (χ0) is 16.2. The lowest BCUT2D eigenvalue weighted by Gasteiger charge is -2.17. The Hall–Kier alpha value is -1.38. The molecule has 7 nitrogen and oxygen atoms in total. The molecule has 1 aromatic heterocycles. The normalized spacial score (nSPS) is 12.0. The summed E-state index contributed by atoms with van der Waals surface area (Å²) in [7, 11) is -2.25. The molecule has 1 rings (SSSR count). The summed E-state index contributed by atoms with van der Waals surface area (Å²) in [6.07, 6.45) is 2.02. The first-order chi connectivity index (χ1) is 9.73. The topological polar surface area (TPSA) is 111 Å². The number of aliphatic hydroxyl groups excluding tert-OH is 1. The molecule has 0 bridgehead atoms. The van der Waals surface area contributed by atoms with Crippen LogP contribution in [0, 0.1) is 13.8 Å². The maximum absolute atomic E-state index is 12.5. The molecular formula is C13H22N2O5S. The van der Waals surface area contributed by atoms with Crippen LogP contribution < -0.4 is 0 Å². The number of rotatable bonds is 8. The summed E-state index contributed by atoms with van der Waals surface area (Å²) in [5.74, 6) is -1.18. The van der Waals surface area contributed by atoms with Crippen molar-refractivity contribution in [3.63, 3.8) is 0 Å². The van der Waals surface area contributed by atoms with Crippen molar-refractivity contribution < 1.29 is 23.4 Å². The lowest BCUT2D eigenvalue weighted by molar-refractivity contribution is 0.0690. The summed E-state index contributed by atoms with van der Waals surface area (Å²) in [6, 6.07) is 0. The highest BCUT2D eigenvalue weighted by Gasteiger charge is 2.29. The molecule has 1 heterocycles. The molecule has 0 atom stereocenters. The summed E-state index contributed by atoms with van der Waals surface area (Å²) >= 11 is 0. The number of carboxylic acid groups (broad SMARTS) is 1. The average molecular weight is 318 g/mol. The molecule has 3 N–H and O–H groups in total. The predicted octanol–water partition coefficient (Wildman–Crippen LogP) is 1.11. The second kappa shape index (κ2) is 7.06. The van der Waals surface area contributed by atoms with Crippen LogP contribution in [0.4, 0.5) is 0 Å². The summed E-state index contributed by atoms with van der Waals surface area (Å²) in [5.41, 5.74) is 0.453. The van der Waals surface area contributed by atoms with Gasteiger partial charge < -0.3 is 15.2 Å². The number of carbonyl (C=O) groups is 1. The van der Waals surface area contributed by atoms with Crippen LogP contribution in [0.1, 0.15) is 41.0 Å². The maximum Gasteiger partial charge on any atom is 0.352 e. The van der Waals surface area contributed by atoms with Gasteiger partial charge in [-0.05, 0) is 33.1 Å². The Morgan fingerprint density at radius 2 is 1.86 bits per heavy atom. The Kier molecular flexibility index (Phi) is 5.94. The lowest BCUT2D eigenvalue weighted by Crippen LogP contribution is -2.28. The van der Waals surface area contributed by atoms with Gasteiger partial charge in [0.2, 0.25) is 10.0 Å². The first kappa shape index (κ1) is 17.7. The smallest absolute Gasteiger partial charge is 0.352 e. The molecular weight excluding hydrogens is 296 g/mol. The molecule has 0 fully saturated rings. The van der Waals surface area contributed by atoms with Gasteiger partial charge in [0.15, 0.2) is 0 Å². The van der Waals surface area contributed by atoms with E-state index >= 15 is 0 Å². The SMILES string of the molecule is Cc1[nH]c(C(=O)O)c(C)c1S(=O)(=O)N(C)CCCCCO. The van der Waals surface area contributed by atoms with Gasteiger partial charge in [-0.25, -0.2) is 17.5 Å². The second-order valence-electron chi connectivity index (χ2n) is 5.00. The summed E-state index contributed by atoms with van der Waals surface area (Å²) in [6.45, 7) is 3.45. The van der Waals surface area contributed by atoms with Gasteiger partial charge in [-0.1, -0.05) is 0 Å². The number of carboxylic acids is 1. The number of nitrogens with zero attached hydrogens (tertiary/aromatic N) is 1. The Balaban J connectivity index is 3.00. The number of sulfonamides is 1. The Bertz CT molecular complexity index is 606. The lowest BCUT2D eigenvalue weighted by atomic mass is 10.2. The first-order valence-electron chi connectivity index (χ1n) is 6.73. The van der Waals surface area contributed by atoms with E-state index in [-0.39, 0.29) is 22.8 Å². The molecule has 8 heteroatoms. The van der Waals surface area contributed by atoms with Crippen LogP contribution in [0.15, 0.2) is 4.90 Å². The van der Waals surface area contributed by atoms with Crippen LogP contribution in [0.5, 0.6) is 0 Å². The minimum Gasteiger partial charge on any atom is -0.477 e. The van der Waals surface area contributed by atoms with Gasteiger partial charge in [0, 0.05) is 31.5 Å². The number of hydrogen-bond donors (Lipinski definition) is 3. The van der Waals surface area contributed by atoms with Crippen molar-refractivity contribution in [2.24, 2.45) is 0 Å². The zero-order valence-electron chi connectivity index (χ0n) is 12.5. The van der Waals surface area contributed by atoms with Crippen LogP contribution in [0.3, 0.4) is 0 Å². The van der Waals surface area contributed by atoms with Crippen LogP contribution in [-0.4, -0.2) is 54.1 Å². The number of aromatic nitrogens is 1. The van der Waals surface area contributed by atoms with Gasteiger partial charge in [0.05, 0.1) is 0 Å². The third kappa shape index (κ3) is 3.84. The minimum atomic E-state index is -3.72. The van der Waals surface area contributed by atoms with Gasteiger partial charge in [-0.2, -0.15) is 0 Å². The summed E-state index contributed by atoms with van der Waals surface area (Å²) in [5, 5.41) is 17.8. The first-order valence-corrected chi connectivity index (χ1v) is 8.17. The molecule has 0 unspecified atom stereocenters. The Labute approximate surface area is 124 Å². The molecule has 0 aliphatic carbocycles. The van der Waals surface area contributed by atoms with E-state index in [1.54, 1.807) is 6.92 Å². The zero-order valence-corrected chi connectivity index (χ0v) is 13.3. The molecule has 0 aliphatic rings. The van der Waals surface area contributed by atoms with Crippen molar-refractivity contribution in [3.8, 4) is 0 Å². The highest BCUT2D eigenvalue weighted by Crippen LogP contribution is 2.26. The van der Waals surface area contributed by atoms with E-state index in [0.717, 1.165) is 6.42 Å². The van der Waals surface area contributed by atoms with Crippen LogP contribution in [0.2, 0.25) is 0 Å². The largest absolute Gasteiger partial charge is 0.477 e. The van der Waals surface area contributed by atoms with Crippen molar-refractivity contribution in [2.45, 2.75) is 38.0 Å². The fraction of sp³-hybridized carbons (Fsp3) is 0.615. The van der Waals surface area contributed by atoms with Crippen LogP contribution in [-0.2, 0) is 10.0 Å². The maximum atomic E-state index is 12.5. The van der Waals surface area contributed by atoms with Crippen molar-refractivity contribution in [3.05, 3.63) is 17.0 Å². The highest BCUT2D eigenvalue weighted by atomic mass is 32.2. The molecule has 0 aromatic carbocycles. The molecule has 0 saturated heterocycles. The molecule has 0 spiro atoms. The third-order valence-corrected chi connectivity index (χ3v) is 5.51. The average Bonchev–Trinajstić information content (AvgIpc) is 2.70. The monoisotopic (exact) mass is 318 g/mol. The highest BCUT2D eigenvalue weighted by molar-refractivity contribution is 7.89. The minimum absolute atomic E-state index is 0.0320. The number of aryl methyl sites for hydroxylation is 1. The molecule has 0 aliphatic heterocycles. The molecule has 0 amide bonds. The number of H-pyrrole nitrogens is 1. The van der Waals surface area contributed by atoms with E-state index in [9.17, 15) is 13.2 Å². The number of hydrogen-bond acceptors (Lipinski definition) is 4. The van der Waals surface area contributed by atoms with Crippen molar-refractivity contribution in [1.82, 2.24) is 9.29 Å². The third-order valence-electron chi connectivity index (χ3n) is 3.38. The van der Waals surface area contributed by atoms with E-state index in [4.69, 9.17) is 10.2 Å². The van der Waals surface area contributed by atoms with E-state index in [1.165, 1.54) is 18.3 Å². The number of nitrogens with one attached hydrogen (secondary N) is 1. The second-order valence-corrected chi connectivity index (χ2v) is 6.98. The molecule has 0 saturated carbocycles.